The molecule has 6 heteroatoms. The van der Waals surface area contributed by atoms with E-state index in [-0.39, 0.29) is 0 Å². The lowest BCUT2D eigenvalue weighted by Crippen LogP contribution is -2.23. The third kappa shape index (κ3) is 3.32. The van der Waals surface area contributed by atoms with Gasteiger partial charge in [-0.05, 0) is 13.3 Å². The maximum atomic E-state index is 12.0. The van der Waals surface area contributed by atoms with Gasteiger partial charge >= 0.3 is 5.51 Å². The number of allylic oxidation sites excluding steroid dienone is 2. The van der Waals surface area contributed by atoms with E-state index in [1.54, 1.807) is 0 Å². The summed E-state index contributed by atoms with van der Waals surface area (Å²) in [6.45, 7) is 2.85. The largest absolute Gasteiger partial charge is 0.501 e. The lowest BCUT2D eigenvalue weighted by Gasteiger charge is -2.07. The van der Waals surface area contributed by atoms with Gasteiger partial charge in [0.15, 0.2) is 0 Å². The topological polar surface area (TPSA) is 34.1 Å². The van der Waals surface area contributed by atoms with Crippen molar-refractivity contribution in [1.82, 2.24) is 0 Å². The first-order valence-electron chi connectivity index (χ1n) is 4.21. The van der Waals surface area contributed by atoms with Crippen molar-refractivity contribution in [1.29, 1.82) is 0 Å². The summed E-state index contributed by atoms with van der Waals surface area (Å²) in [7, 11) is -5.10. The number of unbranched alkanes of at least 4 members (excludes halogenated alkanes) is 2. The Labute approximate surface area is 81.7 Å². The number of rotatable bonds is 4. The van der Waals surface area contributed by atoms with Gasteiger partial charge in [-0.15, -0.1) is 0 Å². The molecule has 2 nitrogen and oxygen atoms in total. The fraction of sp³-hybridized carbons (Fsp3) is 0.750. The summed E-state index contributed by atoms with van der Waals surface area (Å²) < 4.78 is 57.4. The van der Waals surface area contributed by atoms with Crippen LogP contribution in [0.2, 0.25) is 0 Å². The third-order valence-corrected chi connectivity index (χ3v) is 3.34. The first-order chi connectivity index (χ1) is 6.23. The number of sulfone groups is 1. The number of halogens is 3. The molecule has 0 N–H and O–H groups in total. The minimum absolute atomic E-state index is 0.359. The molecule has 84 valence electrons. The Kier molecular flexibility index (Phi) is 4.64. The van der Waals surface area contributed by atoms with E-state index in [1.165, 1.54) is 0 Å². The Balaban J connectivity index is 4.69. The van der Waals surface area contributed by atoms with Gasteiger partial charge in [-0.2, -0.15) is 13.2 Å². The molecular weight excluding hydrogens is 217 g/mol. The zero-order valence-corrected chi connectivity index (χ0v) is 8.87. The molecule has 0 rings (SSSR count). The summed E-state index contributed by atoms with van der Waals surface area (Å²) in [6, 6.07) is 0. The zero-order valence-electron chi connectivity index (χ0n) is 8.06. The highest BCUT2D eigenvalue weighted by molar-refractivity contribution is 7.96. The van der Waals surface area contributed by atoms with Crippen LogP contribution in [0.3, 0.4) is 0 Å². The Hall–Kier alpha value is -0.520. The smallest absolute Gasteiger partial charge is 0.215 e. The molecule has 0 saturated heterocycles. The third-order valence-electron chi connectivity index (χ3n) is 1.72. The van der Waals surface area contributed by atoms with Gasteiger partial charge in [0.05, 0.1) is 0 Å². The van der Waals surface area contributed by atoms with E-state index in [2.05, 4.69) is 0 Å². The minimum Gasteiger partial charge on any atom is -0.215 e. The Morgan fingerprint density at radius 1 is 1.36 bits per heavy atom. The molecule has 0 aliphatic rings. The number of alkyl halides is 3. The van der Waals surface area contributed by atoms with Crippen LogP contribution in [0.25, 0.3) is 0 Å². The summed E-state index contributed by atoms with van der Waals surface area (Å²) in [5.74, 6) is 0. The Morgan fingerprint density at radius 3 is 2.21 bits per heavy atom. The molecule has 0 fully saturated rings. The molecule has 0 aromatic heterocycles. The minimum atomic E-state index is -5.18. The fourth-order valence-corrected chi connectivity index (χ4v) is 1.50. The van der Waals surface area contributed by atoms with Crippen LogP contribution in [-0.4, -0.2) is 13.9 Å². The Morgan fingerprint density at radius 2 is 1.86 bits per heavy atom. The van der Waals surface area contributed by atoms with Crippen molar-refractivity contribution in [2.24, 2.45) is 0 Å². The summed E-state index contributed by atoms with van der Waals surface area (Å²) in [5.41, 5.74) is -5.18. The van der Waals surface area contributed by atoms with Crippen LogP contribution in [0.5, 0.6) is 0 Å². The molecule has 14 heavy (non-hydrogen) atoms. The van der Waals surface area contributed by atoms with Crippen molar-refractivity contribution in [3.8, 4) is 0 Å². The molecule has 0 radical (unpaired) electrons. The second-order valence-electron chi connectivity index (χ2n) is 2.91. The molecule has 0 aliphatic carbocycles. The summed E-state index contributed by atoms with van der Waals surface area (Å²) in [6.07, 6.45) is 2.98. The molecule has 0 unspecified atom stereocenters. The van der Waals surface area contributed by atoms with Crippen molar-refractivity contribution >= 4 is 9.84 Å². The quantitative estimate of drug-likeness (QED) is 0.696. The molecule has 0 atom stereocenters. The first-order valence-corrected chi connectivity index (χ1v) is 5.70. The van der Waals surface area contributed by atoms with Gasteiger partial charge in [-0.3, -0.25) is 0 Å². The fourth-order valence-electron chi connectivity index (χ4n) is 0.802. The van der Waals surface area contributed by atoms with E-state index in [0.29, 0.717) is 12.8 Å². The Bertz CT molecular complexity index is 301. The monoisotopic (exact) mass is 230 g/mol. The van der Waals surface area contributed by atoms with E-state index in [0.717, 1.165) is 19.4 Å². The second kappa shape index (κ2) is 4.82. The van der Waals surface area contributed by atoms with Gasteiger partial charge in [0.25, 0.3) is 9.84 Å². The molecule has 0 amide bonds. The van der Waals surface area contributed by atoms with Crippen LogP contribution in [0.4, 0.5) is 13.2 Å². The lowest BCUT2D eigenvalue weighted by molar-refractivity contribution is -0.0426. The summed E-state index contributed by atoms with van der Waals surface area (Å²) in [5, 5.41) is 0. The predicted octanol–water partition coefficient (Wildman–Crippen LogP) is 3.02. The van der Waals surface area contributed by atoms with Gasteiger partial charge in [0.2, 0.25) is 0 Å². The molecule has 0 bridgehead atoms. The number of hydrogen-bond donors (Lipinski definition) is 0. The van der Waals surface area contributed by atoms with Crippen LogP contribution in [0.1, 0.15) is 33.1 Å². The van der Waals surface area contributed by atoms with Gasteiger partial charge in [0.1, 0.15) is 0 Å². The van der Waals surface area contributed by atoms with Gasteiger partial charge in [-0.1, -0.05) is 25.8 Å². The van der Waals surface area contributed by atoms with Crippen LogP contribution >= 0.6 is 0 Å². The standard InChI is InChI=1S/C8H13F3O2S/c1-3-4-5-6-7(2)14(12,13)8(9,10)11/h6H,3-5H2,1-2H3/b7-6+. The highest BCUT2D eigenvalue weighted by Crippen LogP contribution is 2.29. The zero-order chi connectivity index (χ0) is 11.4. The molecule has 0 aromatic carbocycles. The summed E-state index contributed by atoms with van der Waals surface area (Å²) >= 11 is 0. The SMILES string of the molecule is CCCC/C=C(\C)S(=O)(=O)C(F)(F)F. The van der Waals surface area contributed by atoms with Crippen molar-refractivity contribution in [3.63, 3.8) is 0 Å². The van der Waals surface area contributed by atoms with E-state index in [4.69, 9.17) is 0 Å². The second-order valence-corrected chi connectivity index (χ2v) is 5.02. The van der Waals surface area contributed by atoms with Gasteiger partial charge in [-0.25, -0.2) is 8.42 Å². The maximum absolute atomic E-state index is 12.0. The molecule has 0 spiro atoms. The van der Waals surface area contributed by atoms with Crippen molar-refractivity contribution in [3.05, 3.63) is 11.0 Å². The van der Waals surface area contributed by atoms with Crippen molar-refractivity contribution in [2.75, 3.05) is 0 Å². The van der Waals surface area contributed by atoms with Crippen LogP contribution in [-0.2, 0) is 9.84 Å². The molecule has 0 aromatic rings. The van der Waals surface area contributed by atoms with Gasteiger partial charge in [0, 0.05) is 4.91 Å². The highest BCUT2D eigenvalue weighted by atomic mass is 32.2. The van der Waals surface area contributed by atoms with Crippen LogP contribution < -0.4 is 0 Å². The first kappa shape index (κ1) is 13.5. The van der Waals surface area contributed by atoms with Gasteiger partial charge < -0.3 is 0 Å². The summed E-state index contributed by atoms with van der Waals surface area (Å²) in [4.78, 5) is -0.613. The maximum Gasteiger partial charge on any atom is 0.501 e. The van der Waals surface area contributed by atoms with E-state index < -0.39 is 20.3 Å². The van der Waals surface area contributed by atoms with E-state index >= 15 is 0 Å². The average Bonchev–Trinajstić information content (AvgIpc) is 2.02. The van der Waals surface area contributed by atoms with Crippen LogP contribution in [0, 0.1) is 0 Å². The van der Waals surface area contributed by atoms with Crippen molar-refractivity contribution in [2.45, 2.75) is 38.6 Å². The molecular formula is C8H13F3O2S. The predicted molar refractivity (Wildman–Crippen MR) is 48.3 cm³/mol. The average molecular weight is 230 g/mol. The van der Waals surface area contributed by atoms with Crippen molar-refractivity contribution < 1.29 is 21.6 Å². The number of hydrogen-bond acceptors (Lipinski definition) is 2. The molecule has 0 aliphatic heterocycles. The lowest BCUT2D eigenvalue weighted by atomic mass is 10.2. The van der Waals surface area contributed by atoms with E-state index in [1.807, 2.05) is 6.92 Å². The molecule has 0 heterocycles. The van der Waals surface area contributed by atoms with Crippen LogP contribution in [0.15, 0.2) is 11.0 Å². The highest BCUT2D eigenvalue weighted by Gasteiger charge is 2.46. The normalized spacial score (nSPS) is 14.5. The van der Waals surface area contributed by atoms with E-state index in [9.17, 15) is 21.6 Å². The molecule has 0 saturated carbocycles.